The lowest BCUT2D eigenvalue weighted by Gasteiger charge is -2.34. The highest BCUT2D eigenvalue weighted by atomic mass is 16.5. The molecule has 0 aromatic heterocycles. The summed E-state index contributed by atoms with van der Waals surface area (Å²) in [6, 6.07) is 11.8. The van der Waals surface area contributed by atoms with Crippen LogP contribution in [0.3, 0.4) is 0 Å². The van der Waals surface area contributed by atoms with E-state index in [4.69, 9.17) is 4.74 Å². The molecule has 0 aliphatic rings. The van der Waals surface area contributed by atoms with Crippen molar-refractivity contribution < 1.29 is 14.6 Å². The molecule has 0 amide bonds. The van der Waals surface area contributed by atoms with Crippen LogP contribution in [0.4, 0.5) is 0 Å². The lowest BCUT2D eigenvalue weighted by atomic mass is 9.70. The Morgan fingerprint density at radius 2 is 1.58 bits per heavy atom. The van der Waals surface area contributed by atoms with Gasteiger partial charge in [0, 0.05) is 5.41 Å². The highest BCUT2D eigenvalue weighted by Gasteiger charge is 2.32. The molecule has 3 heteroatoms. The van der Waals surface area contributed by atoms with Gasteiger partial charge in [-0.3, -0.25) is 0 Å². The van der Waals surface area contributed by atoms with Crippen LogP contribution in [0.5, 0.6) is 5.75 Å². The summed E-state index contributed by atoms with van der Waals surface area (Å²) in [7, 11) is 1.41. The normalized spacial score (nSPS) is 11.4. The number of methoxy groups -OCH3 is 1. The van der Waals surface area contributed by atoms with Crippen LogP contribution in [0.25, 0.3) is 0 Å². The summed E-state index contributed by atoms with van der Waals surface area (Å²) < 4.78 is 4.92. The minimum absolute atomic E-state index is 0.199. The molecular formula is C21H26O3. The standard InChI is InChI=1S/C21H26O3/c1-6-21(7-2,16-10-11-19(22)15(4)12-16)17-9-8-14(3)18(13-17)20(23)24-5/h8-13,22H,6-7H2,1-5H3. The van der Waals surface area contributed by atoms with Crippen molar-refractivity contribution in [2.24, 2.45) is 0 Å². The van der Waals surface area contributed by atoms with Crippen molar-refractivity contribution >= 4 is 5.97 Å². The summed E-state index contributed by atoms with van der Waals surface area (Å²) in [5, 5.41) is 9.85. The maximum Gasteiger partial charge on any atom is 0.338 e. The average Bonchev–Trinajstić information content (AvgIpc) is 2.59. The predicted octanol–water partition coefficient (Wildman–Crippen LogP) is 4.90. The maximum absolute atomic E-state index is 12.1. The number of esters is 1. The van der Waals surface area contributed by atoms with E-state index in [9.17, 15) is 9.90 Å². The summed E-state index contributed by atoms with van der Waals surface area (Å²) >= 11 is 0. The number of aryl methyl sites for hydroxylation is 2. The van der Waals surface area contributed by atoms with Gasteiger partial charge in [0.1, 0.15) is 5.75 Å². The molecule has 0 atom stereocenters. The van der Waals surface area contributed by atoms with Crippen LogP contribution in [0.15, 0.2) is 36.4 Å². The van der Waals surface area contributed by atoms with Crippen LogP contribution in [-0.2, 0) is 10.2 Å². The first-order valence-electron chi connectivity index (χ1n) is 8.39. The van der Waals surface area contributed by atoms with Gasteiger partial charge in [-0.2, -0.15) is 0 Å². The molecule has 0 radical (unpaired) electrons. The first kappa shape index (κ1) is 18.1. The van der Waals surface area contributed by atoms with Gasteiger partial charge in [-0.1, -0.05) is 38.1 Å². The summed E-state index contributed by atoms with van der Waals surface area (Å²) in [5.41, 5.74) is 4.44. The molecule has 24 heavy (non-hydrogen) atoms. The maximum atomic E-state index is 12.1. The molecule has 2 aromatic rings. The topological polar surface area (TPSA) is 46.5 Å². The van der Waals surface area contributed by atoms with Crippen LogP contribution in [0.1, 0.15) is 59.3 Å². The molecule has 2 aromatic carbocycles. The van der Waals surface area contributed by atoms with E-state index in [1.807, 2.05) is 38.1 Å². The van der Waals surface area contributed by atoms with Gasteiger partial charge in [0.2, 0.25) is 0 Å². The molecule has 128 valence electrons. The second kappa shape index (κ2) is 7.08. The Labute approximate surface area is 144 Å². The fraction of sp³-hybridized carbons (Fsp3) is 0.381. The molecule has 0 spiro atoms. The molecule has 2 rings (SSSR count). The van der Waals surface area contributed by atoms with Crippen molar-refractivity contribution in [1.82, 2.24) is 0 Å². The van der Waals surface area contributed by atoms with Crippen LogP contribution in [0, 0.1) is 13.8 Å². The van der Waals surface area contributed by atoms with Crippen molar-refractivity contribution in [3.8, 4) is 5.75 Å². The van der Waals surface area contributed by atoms with E-state index >= 15 is 0 Å². The third-order valence-electron chi connectivity index (χ3n) is 5.15. The lowest BCUT2D eigenvalue weighted by Crippen LogP contribution is -2.26. The van der Waals surface area contributed by atoms with Crippen molar-refractivity contribution in [2.75, 3.05) is 7.11 Å². The van der Waals surface area contributed by atoms with Gasteiger partial charge in [-0.05, 0) is 61.1 Å². The molecule has 0 saturated heterocycles. The van der Waals surface area contributed by atoms with E-state index in [0.717, 1.165) is 35.1 Å². The lowest BCUT2D eigenvalue weighted by molar-refractivity contribution is 0.0599. The zero-order valence-corrected chi connectivity index (χ0v) is 15.1. The Morgan fingerprint density at radius 3 is 2.12 bits per heavy atom. The monoisotopic (exact) mass is 326 g/mol. The number of phenols is 1. The SMILES string of the molecule is CCC(CC)(c1ccc(O)c(C)c1)c1ccc(C)c(C(=O)OC)c1. The predicted molar refractivity (Wildman–Crippen MR) is 96.7 cm³/mol. The molecule has 1 N–H and O–H groups in total. The van der Waals surface area contributed by atoms with Gasteiger partial charge in [0.05, 0.1) is 12.7 Å². The number of ether oxygens (including phenoxy) is 1. The van der Waals surface area contributed by atoms with E-state index in [1.165, 1.54) is 7.11 Å². The van der Waals surface area contributed by atoms with E-state index in [-0.39, 0.29) is 11.4 Å². The number of carbonyl (C=O) groups is 1. The molecule has 3 nitrogen and oxygen atoms in total. The minimum atomic E-state index is -0.308. The largest absolute Gasteiger partial charge is 0.508 e. The third-order valence-corrected chi connectivity index (χ3v) is 5.15. The Hall–Kier alpha value is -2.29. The number of carbonyl (C=O) groups excluding carboxylic acids is 1. The van der Waals surface area contributed by atoms with Gasteiger partial charge in [0.15, 0.2) is 0 Å². The third kappa shape index (κ3) is 3.03. The van der Waals surface area contributed by atoms with Crippen molar-refractivity contribution in [2.45, 2.75) is 46.0 Å². The number of aromatic hydroxyl groups is 1. The van der Waals surface area contributed by atoms with Gasteiger partial charge in [-0.25, -0.2) is 4.79 Å². The van der Waals surface area contributed by atoms with E-state index in [0.29, 0.717) is 11.3 Å². The minimum Gasteiger partial charge on any atom is -0.508 e. The quantitative estimate of drug-likeness (QED) is 0.795. The van der Waals surface area contributed by atoms with Crippen LogP contribution >= 0.6 is 0 Å². The molecule has 0 heterocycles. The fourth-order valence-electron chi connectivity index (χ4n) is 3.44. The Morgan fingerprint density at radius 1 is 1.00 bits per heavy atom. The van der Waals surface area contributed by atoms with Crippen molar-refractivity contribution in [3.63, 3.8) is 0 Å². The molecule has 0 aliphatic carbocycles. The second-order valence-corrected chi connectivity index (χ2v) is 6.31. The van der Waals surface area contributed by atoms with Gasteiger partial charge < -0.3 is 9.84 Å². The molecule has 0 saturated carbocycles. The Balaban J connectivity index is 2.66. The summed E-state index contributed by atoms with van der Waals surface area (Å²) in [6.45, 7) is 8.14. The average molecular weight is 326 g/mol. The number of benzene rings is 2. The Bertz CT molecular complexity index is 743. The zero-order valence-electron chi connectivity index (χ0n) is 15.1. The zero-order chi connectivity index (χ0) is 17.9. The van der Waals surface area contributed by atoms with Crippen molar-refractivity contribution in [1.29, 1.82) is 0 Å². The number of phenolic OH excluding ortho intramolecular Hbond substituents is 1. The van der Waals surface area contributed by atoms with Gasteiger partial charge in [0.25, 0.3) is 0 Å². The summed E-state index contributed by atoms with van der Waals surface area (Å²) in [4.78, 5) is 12.1. The number of hydrogen-bond acceptors (Lipinski definition) is 3. The smallest absolute Gasteiger partial charge is 0.338 e. The van der Waals surface area contributed by atoms with Gasteiger partial charge >= 0.3 is 5.97 Å². The highest BCUT2D eigenvalue weighted by Crippen LogP contribution is 2.40. The van der Waals surface area contributed by atoms with Crippen LogP contribution in [-0.4, -0.2) is 18.2 Å². The number of rotatable bonds is 5. The van der Waals surface area contributed by atoms with Gasteiger partial charge in [-0.15, -0.1) is 0 Å². The molecule has 0 fully saturated rings. The van der Waals surface area contributed by atoms with Crippen LogP contribution < -0.4 is 0 Å². The fourth-order valence-corrected chi connectivity index (χ4v) is 3.44. The first-order chi connectivity index (χ1) is 11.4. The Kier molecular flexibility index (Phi) is 5.33. The first-order valence-corrected chi connectivity index (χ1v) is 8.39. The summed E-state index contributed by atoms with van der Waals surface area (Å²) in [5.74, 6) is -0.00338. The number of hydrogen-bond donors (Lipinski definition) is 1. The highest BCUT2D eigenvalue weighted by molar-refractivity contribution is 5.91. The van der Waals surface area contributed by atoms with Crippen LogP contribution in [0.2, 0.25) is 0 Å². The summed E-state index contributed by atoms with van der Waals surface area (Å²) in [6.07, 6.45) is 1.80. The molecule has 0 unspecified atom stereocenters. The van der Waals surface area contributed by atoms with E-state index in [1.54, 1.807) is 6.07 Å². The molecule has 0 bridgehead atoms. The second-order valence-electron chi connectivity index (χ2n) is 6.31. The van der Waals surface area contributed by atoms with E-state index in [2.05, 4.69) is 19.9 Å². The van der Waals surface area contributed by atoms with E-state index < -0.39 is 0 Å². The molecular weight excluding hydrogens is 300 g/mol. The van der Waals surface area contributed by atoms with Crippen molar-refractivity contribution in [3.05, 3.63) is 64.2 Å². The molecule has 0 aliphatic heterocycles.